The Balaban J connectivity index is 2.81. The van der Waals surface area contributed by atoms with E-state index in [-0.39, 0.29) is 5.04 Å². The van der Waals surface area contributed by atoms with Crippen LogP contribution in [0.25, 0.3) is 0 Å². The summed E-state index contributed by atoms with van der Waals surface area (Å²) in [6, 6.07) is 11.3. The zero-order valence-corrected chi connectivity index (χ0v) is 21.4. The Labute approximate surface area is 202 Å². The van der Waals surface area contributed by atoms with Gasteiger partial charge in [0.2, 0.25) is 5.71 Å². The van der Waals surface area contributed by atoms with Crippen LogP contribution in [0.3, 0.4) is 0 Å². The number of carboxylic acid groups (broad SMARTS) is 1. The van der Waals surface area contributed by atoms with Crippen molar-refractivity contribution in [3.05, 3.63) is 69.7 Å². The number of nitrogens with zero attached hydrogens (tertiary/aromatic N) is 1. The average Bonchev–Trinajstić information content (AvgIpc) is 2.66. The van der Waals surface area contributed by atoms with Crippen LogP contribution in [-0.4, -0.2) is 31.3 Å². The SMILES string of the molecule is CC(C)(C)[Si](C)(C)O[C@@H](c1cccc(Cl)c1)[C@H](N=C(C(=O)O)C(F)(F)F)c1ccc(Cl)cc1. The normalized spacial score (nSPS) is 15.3. The second-order valence-electron chi connectivity index (χ2n) is 9.13. The Morgan fingerprint density at radius 2 is 1.58 bits per heavy atom. The van der Waals surface area contributed by atoms with Crippen LogP contribution in [0.2, 0.25) is 28.2 Å². The van der Waals surface area contributed by atoms with E-state index in [4.69, 9.17) is 27.6 Å². The van der Waals surface area contributed by atoms with Crippen LogP contribution in [0.1, 0.15) is 44.0 Å². The first-order valence-corrected chi connectivity index (χ1v) is 13.8. The van der Waals surface area contributed by atoms with E-state index < -0.39 is 38.3 Å². The lowest BCUT2D eigenvalue weighted by Gasteiger charge is -2.41. The second kappa shape index (κ2) is 10.2. The Kier molecular flexibility index (Phi) is 8.44. The maximum absolute atomic E-state index is 13.6. The molecule has 0 aromatic heterocycles. The van der Waals surface area contributed by atoms with Gasteiger partial charge in [-0.15, -0.1) is 0 Å². The van der Waals surface area contributed by atoms with Crippen molar-refractivity contribution in [3.8, 4) is 0 Å². The lowest BCUT2D eigenvalue weighted by atomic mass is 9.96. The third kappa shape index (κ3) is 7.05. The van der Waals surface area contributed by atoms with Gasteiger partial charge in [-0.05, 0) is 53.5 Å². The molecule has 0 aliphatic rings. The first-order chi connectivity index (χ1) is 15.0. The smallest absolute Gasteiger partial charge is 0.440 e. The first kappa shape index (κ1) is 27.4. The highest BCUT2D eigenvalue weighted by molar-refractivity contribution is 6.74. The molecule has 0 saturated heterocycles. The van der Waals surface area contributed by atoms with E-state index in [0.29, 0.717) is 21.2 Å². The third-order valence-electron chi connectivity index (χ3n) is 5.64. The fourth-order valence-electron chi connectivity index (χ4n) is 2.86. The van der Waals surface area contributed by atoms with Crippen molar-refractivity contribution in [2.45, 2.75) is 57.2 Å². The number of alkyl halides is 3. The number of hydrogen-bond acceptors (Lipinski definition) is 3. The van der Waals surface area contributed by atoms with Crippen molar-refractivity contribution in [1.29, 1.82) is 0 Å². The number of rotatable bonds is 7. The standard InChI is InChI=1S/C23H26Cl2F3NO3Si/c1-22(2,3)33(4,5)32-19(15-7-6-8-17(25)13-15)18(14-9-11-16(24)12-10-14)29-20(21(30)31)23(26,27)28/h6-13,18-19H,1-5H3,(H,30,31)/t18-,19+/m1/s1. The van der Waals surface area contributed by atoms with Gasteiger partial charge in [-0.25, -0.2) is 4.79 Å². The molecule has 2 aromatic carbocycles. The summed E-state index contributed by atoms with van der Waals surface area (Å²) in [6.45, 7) is 9.89. The lowest BCUT2D eigenvalue weighted by molar-refractivity contribution is -0.133. The molecule has 2 aromatic rings. The van der Waals surface area contributed by atoms with E-state index in [9.17, 15) is 23.1 Å². The summed E-state index contributed by atoms with van der Waals surface area (Å²) < 4.78 is 47.3. The molecule has 0 unspecified atom stereocenters. The van der Waals surface area contributed by atoms with Gasteiger partial charge in [0, 0.05) is 10.0 Å². The van der Waals surface area contributed by atoms with Gasteiger partial charge in [-0.1, -0.05) is 68.2 Å². The first-order valence-electron chi connectivity index (χ1n) is 10.1. The predicted molar refractivity (Wildman–Crippen MR) is 128 cm³/mol. The topological polar surface area (TPSA) is 58.9 Å². The third-order valence-corrected chi connectivity index (χ3v) is 10.6. The molecule has 0 amide bonds. The van der Waals surface area contributed by atoms with Crippen molar-refractivity contribution >= 4 is 43.2 Å². The van der Waals surface area contributed by atoms with Crippen LogP contribution in [0.4, 0.5) is 13.2 Å². The van der Waals surface area contributed by atoms with Crippen LogP contribution in [0.5, 0.6) is 0 Å². The molecule has 0 aliphatic carbocycles. The molecule has 2 rings (SSSR count). The van der Waals surface area contributed by atoms with Crippen molar-refractivity contribution in [2.24, 2.45) is 4.99 Å². The van der Waals surface area contributed by atoms with Gasteiger partial charge in [-0.3, -0.25) is 4.99 Å². The molecule has 2 atom stereocenters. The number of halogens is 5. The molecular weight excluding hydrogens is 494 g/mol. The van der Waals surface area contributed by atoms with Gasteiger partial charge < -0.3 is 9.53 Å². The summed E-state index contributed by atoms with van der Waals surface area (Å²) in [5, 5.41) is 9.74. The number of aliphatic carboxylic acids is 1. The molecule has 4 nitrogen and oxygen atoms in total. The molecule has 0 fully saturated rings. The van der Waals surface area contributed by atoms with E-state index in [1.165, 1.54) is 24.3 Å². The highest BCUT2D eigenvalue weighted by Gasteiger charge is 2.45. The maximum Gasteiger partial charge on any atom is 0.440 e. The summed E-state index contributed by atoms with van der Waals surface area (Å²) in [6.07, 6.45) is -6.19. The fourth-order valence-corrected chi connectivity index (χ4v) is 4.44. The van der Waals surface area contributed by atoms with Gasteiger partial charge in [-0.2, -0.15) is 13.2 Å². The Bertz CT molecular complexity index is 1020. The lowest BCUT2D eigenvalue weighted by Crippen LogP contribution is -2.43. The van der Waals surface area contributed by atoms with Gasteiger partial charge in [0.25, 0.3) is 0 Å². The molecule has 0 spiro atoms. The van der Waals surface area contributed by atoms with E-state index in [0.717, 1.165) is 0 Å². The van der Waals surface area contributed by atoms with Crippen LogP contribution in [0.15, 0.2) is 53.5 Å². The van der Waals surface area contributed by atoms with Gasteiger partial charge in [0.1, 0.15) is 6.04 Å². The van der Waals surface area contributed by atoms with Crippen LogP contribution >= 0.6 is 23.2 Å². The van der Waals surface area contributed by atoms with Crippen molar-refractivity contribution in [2.75, 3.05) is 0 Å². The van der Waals surface area contributed by atoms with Gasteiger partial charge in [0.15, 0.2) is 8.32 Å². The predicted octanol–water partition coefficient (Wildman–Crippen LogP) is 7.89. The number of hydrogen-bond donors (Lipinski definition) is 1. The minimum Gasteiger partial charge on any atom is -0.477 e. The van der Waals surface area contributed by atoms with E-state index in [1.807, 2.05) is 33.9 Å². The zero-order valence-electron chi connectivity index (χ0n) is 18.9. The molecule has 33 heavy (non-hydrogen) atoms. The maximum atomic E-state index is 13.6. The molecular formula is C23H26Cl2F3NO3Si. The van der Waals surface area contributed by atoms with Gasteiger partial charge >= 0.3 is 12.1 Å². The summed E-state index contributed by atoms with van der Waals surface area (Å²) in [4.78, 5) is 15.2. The minimum atomic E-state index is -5.16. The Hall–Kier alpha value is -1.87. The Morgan fingerprint density at radius 3 is 2.03 bits per heavy atom. The number of carboxylic acids is 1. The molecule has 0 radical (unpaired) electrons. The van der Waals surface area contributed by atoms with Crippen molar-refractivity contribution < 1.29 is 27.5 Å². The van der Waals surface area contributed by atoms with Crippen LogP contribution in [0, 0.1) is 0 Å². The number of aliphatic imine (C=N–C) groups is 1. The number of carbonyl (C=O) groups is 1. The van der Waals surface area contributed by atoms with E-state index in [2.05, 4.69) is 4.99 Å². The monoisotopic (exact) mass is 519 g/mol. The molecule has 10 heteroatoms. The summed E-state index contributed by atoms with van der Waals surface area (Å²) in [5.41, 5.74) is -1.10. The van der Waals surface area contributed by atoms with Crippen molar-refractivity contribution in [1.82, 2.24) is 0 Å². The van der Waals surface area contributed by atoms with Crippen LogP contribution in [-0.2, 0) is 9.22 Å². The molecule has 0 aliphatic heterocycles. The Morgan fingerprint density at radius 1 is 1.00 bits per heavy atom. The molecule has 0 heterocycles. The van der Waals surface area contributed by atoms with E-state index >= 15 is 0 Å². The molecule has 1 N–H and O–H groups in total. The quantitative estimate of drug-likeness (QED) is 0.298. The highest BCUT2D eigenvalue weighted by Crippen LogP contribution is 2.45. The highest BCUT2D eigenvalue weighted by atomic mass is 35.5. The average molecular weight is 520 g/mol. The summed E-state index contributed by atoms with van der Waals surface area (Å²) in [5.74, 6) is -2.17. The molecule has 0 bridgehead atoms. The largest absolute Gasteiger partial charge is 0.477 e. The van der Waals surface area contributed by atoms with Gasteiger partial charge in [0.05, 0.1) is 6.10 Å². The zero-order chi connectivity index (χ0) is 25.2. The fraction of sp³-hybridized carbons (Fsp3) is 0.391. The second-order valence-corrected chi connectivity index (χ2v) is 14.8. The molecule has 0 saturated carbocycles. The summed E-state index contributed by atoms with van der Waals surface area (Å²) in [7, 11) is -2.57. The minimum absolute atomic E-state index is 0.280. The van der Waals surface area contributed by atoms with E-state index in [1.54, 1.807) is 24.3 Å². The van der Waals surface area contributed by atoms with Crippen molar-refractivity contribution in [3.63, 3.8) is 0 Å². The van der Waals surface area contributed by atoms with Crippen LogP contribution < -0.4 is 0 Å². The molecule has 180 valence electrons. The summed E-state index contributed by atoms with van der Waals surface area (Å²) >= 11 is 12.2. The number of benzene rings is 2.